The van der Waals surface area contributed by atoms with E-state index >= 15 is 0 Å². The molecule has 104 valence electrons. The highest BCUT2D eigenvalue weighted by Gasteiger charge is 2.34. The van der Waals surface area contributed by atoms with E-state index < -0.39 is 12.0 Å². The monoisotopic (exact) mass is 272 g/mol. The number of hydrogen-bond donors (Lipinski definition) is 2. The third kappa shape index (κ3) is 2.05. The molecule has 0 spiro atoms. The molecule has 3 rings (SSSR count). The molecule has 0 bridgehead atoms. The van der Waals surface area contributed by atoms with E-state index in [2.05, 4.69) is 4.98 Å². The summed E-state index contributed by atoms with van der Waals surface area (Å²) in [5.41, 5.74) is 2.47. The lowest BCUT2D eigenvalue weighted by atomic mass is 10.2. The highest BCUT2D eigenvalue weighted by atomic mass is 16.4. The number of carbonyl (C=O) groups is 2. The van der Waals surface area contributed by atoms with Crippen molar-refractivity contribution in [1.82, 2.24) is 9.88 Å². The average Bonchev–Trinajstić information content (AvgIpc) is 3.03. The summed E-state index contributed by atoms with van der Waals surface area (Å²) in [7, 11) is 0. The van der Waals surface area contributed by atoms with Gasteiger partial charge in [0.25, 0.3) is 5.91 Å². The van der Waals surface area contributed by atoms with Gasteiger partial charge in [-0.2, -0.15) is 0 Å². The van der Waals surface area contributed by atoms with Gasteiger partial charge in [0.15, 0.2) is 0 Å². The third-order valence-corrected chi connectivity index (χ3v) is 3.81. The Hall–Kier alpha value is -2.30. The number of amides is 1. The summed E-state index contributed by atoms with van der Waals surface area (Å²) >= 11 is 0. The minimum atomic E-state index is -0.928. The summed E-state index contributed by atoms with van der Waals surface area (Å²) in [5, 5.41) is 10.1. The Morgan fingerprint density at radius 1 is 1.35 bits per heavy atom. The summed E-state index contributed by atoms with van der Waals surface area (Å²) in [6.07, 6.45) is 1.27. The summed E-state index contributed by atoms with van der Waals surface area (Å²) < 4.78 is 0. The SMILES string of the molecule is Cc1ccc2cc(C(=O)N3CCCC3C(=O)O)[nH]c2c1. The minimum absolute atomic E-state index is 0.233. The van der Waals surface area contributed by atoms with Crippen LogP contribution in [-0.2, 0) is 4.79 Å². The molecule has 2 aromatic rings. The van der Waals surface area contributed by atoms with Crippen LogP contribution in [0.3, 0.4) is 0 Å². The summed E-state index contributed by atoms with van der Waals surface area (Å²) in [6.45, 7) is 2.49. The fourth-order valence-corrected chi connectivity index (χ4v) is 2.78. The van der Waals surface area contributed by atoms with Gasteiger partial charge in [-0.15, -0.1) is 0 Å². The van der Waals surface area contributed by atoms with Gasteiger partial charge in [0, 0.05) is 17.4 Å². The molecule has 1 aromatic heterocycles. The van der Waals surface area contributed by atoms with E-state index in [1.165, 1.54) is 4.90 Å². The Morgan fingerprint density at radius 2 is 2.15 bits per heavy atom. The third-order valence-electron chi connectivity index (χ3n) is 3.81. The van der Waals surface area contributed by atoms with Crippen LogP contribution in [0, 0.1) is 6.92 Å². The van der Waals surface area contributed by atoms with Crippen molar-refractivity contribution in [2.24, 2.45) is 0 Å². The van der Waals surface area contributed by atoms with Crippen molar-refractivity contribution in [1.29, 1.82) is 0 Å². The molecular weight excluding hydrogens is 256 g/mol. The highest BCUT2D eigenvalue weighted by molar-refractivity contribution is 5.99. The second-order valence-corrected chi connectivity index (χ2v) is 5.27. The second-order valence-electron chi connectivity index (χ2n) is 5.27. The van der Waals surface area contributed by atoms with Gasteiger partial charge in [0.1, 0.15) is 11.7 Å². The Morgan fingerprint density at radius 3 is 2.90 bits per heavy atom. The number of fused-ring (bicyclic) bond motifs is 1. The zero-order valence-corrected chi connectivity index (χ0v) is 11.2. The molecule has 1 unspecified atom stereocenters. The zero-order valence-electron chi connectivity index (χ0n) is 11.2. The molecule has 20 heavy (non-hydrogen) atoms. The minimum Gasteiger partial charge on any atom is -0.480 e. The number of carboxylic acid groups (broad SMARTS) is 1. The number of benzene rings is 1. The van der Waals surface area contributed by atoms with E-state index in [0.717, 1.165) is 22.9 Å². The molecule has 2 N–H and O–H groups in total. The van der Waals surface area contributed by atoms with E-state index in [9.17, 15) is 9.59 Å². The van der Waals surface area contributed by atoms with Crippen molar-refractivity contribution in [2.75, 3.05) is 6.54 Å². The first-order valence-electron chi connectivity index (χ1n) is 6.69. The number of aromatic nitrogens is 1. The summed E-state index contributed by atoms with van der Waals surface area (Å²) in [6, 6.07) is 7.01. The number of carboxylic acids is 1. The van der Waals surface area contributed by atoms with E-state index in [1.807, 2.05) is 25.1 Å². The van der Waals surface area contributed by atoms with Gasteiger partial charge in [-0.1, -0.05) is 12.1 Å². The van der Waals surface area contributed by atoms with Gasteiger partial charge in [-0.05, 0) is 37.5 Å². The number of aliphatic carboxylic acids is 1. The molecule has 1 aliphatic heterocycles. The maximum absolute atomic E-state index is 12.4. The standard InChI is InChI=1S/C15H16N2O3/c1-9-4-5-10-8-12(16-11(10)7-9)14(18)17-6-2-3-13(17)15(19)20/h4-5,7-8,13,16H,2-3,6H2,1H3,(H,19,20). The fourth-order valence-electron chi connectivity index (χ4n) is 2.78. The normalized spacial score (nSPS) is 18.6. The Bertz CT molecular complexity index is 689. The molecule has 1 fully saturated rings. The summed E-state index contributed by atoms with van der Waals surface area (Å²) in [4.78, 5) is 28.1. The van der Waals surface area contributed by atoms with Crippen LogP contribution in [-0.4, -0.2) is 39.5 Å². The molecular formula is C15H16N2O3. The van der Waals surface area contributed by atoms with Crippen LogP contribution in [0.5, 0.6) is 0 Å². The van der Waals surface area contributed by atoms with Gasteiger partial charge in [-0.3, -0.25) is 4.79 Å². The first-order valence-corrected chi connectivity index (χ1v) is 6.69. The van der Waals surface area contributed by atoms with Crippen LogP contribution in [0.2, 0.25) is 0 Å². The first kappa shape index (κ1) is 12.7. The zero-order chi connectivity index (χ0) is 14.3. The Kier molecular flexibility index (Phi) is 2.97. The largest absolute Gasteiger partial charge is 0.480 e. The van der Waals surface area contributed by atoms with Crippen LogP contribution in [0.15, 0.2) is 24.3 Å². The number of nitrogens with one attached hydrogen (secondary N) is 1. The molecule has 0 saturated carbocycles. The topological polar surface area (TPSA) is 73.4 Å². The maximum atomic E-state index is 12.4. The molecule has 2 heterocycles. The number of aryl methyl sites for hydroxylation is 1. The van der Waals surface area contributed by atoms with Gasteiger partial charge in [-0.25, -0.2) is 4.79 Å². The number of hydrogen-bond acceptors (Lipinski definition) is 2. The molecule has 0 aliphatic carbocycles. The van der Waals surface area contributed by atoms with Gasteiger partial charge in [0.2, 0.25) is 0 Å². The van der Waals surface area contributed by atoms with Crippen LogP contribution < -0.4 is 0 Å². The van der Waals surface area contributed by atoms with E-state index in [1.54, 1.807) is 6.07 Å². The lowest BCUT2D eigenvalue weighted by Crippen LogP contribution is -2.40. The van der Waals surface area contributed by atoms with Crippen LogP contribution in [0.25, 0.3) is 10.9 Å². The highest BCUT2D eigenvalue weighted by Crippen LogP contribution is 2.23. The van der Waals surface area contributed by atoms with E-state index in [-0.39, 0.29) is 5.91 Å². The van der Waals surface area contributed by atoms with Crippen molar-refractivity contribution in [3.8, 4) is 0 Å². The van der Waals surface area contributed by atoms with Crippen molar-refractivity contribution in [2.45, 2.75) is 25.8 Å². The molecule has 1 aromatic carbocycles. The smallest absolute Gasteiger partial charge is 0.326 e. The van der Waals surface area contributed by atoms with Gasteiger partial charge in [0.05, 0.1) is 0 Å². The molecule has 5 heteroatoms. The number of nitrogens with zero attached hydrogens (tertiary/aromatic N) is 1. The molecule has 5 nitrogen and oxygen atoms in total. The molecule has 1 atom stereocenters. The molecule has 1 aliphatic rings. The maximum Gasteiger partial charge on any atom is 0.326 e. The van der Waals surface area contributed by atoms with Gasteiger partial charge >= 0.3 is 5.97 Å². The summed E-state index contributed by atoms with van der Waals surface area (Å²) in [5.74, 6) is -1.16. The lowest BCUT2D eigenvalue weighted by molar-refractivity contribution is -0.141. The van der Waals surface area contributed by atoms with Crippen molar-refractivity contribution in [3.05, 3.63) is 35.5 Å². The Balaban J connectivity index is 1.94. The first-order chi connectivity index (χ1) is 9.56. The number of aromatic amines is 1. The predicted molar refractivity (Wildman–Crippen MR) is 74.7 cm³/mol. The van der Waals surface area contributed by atoms with Crippen molar-refractivity contribution < 1.29 is 14.7 Å². The quantitative estimate of drug-likeness (QED) is 0.880. The van der Waals surface area contributed by atoms with Crippen molar-refractivity contribution in [3.63, 3.8) is 0 Å². The second kappa shape index (κ2) is 4.67. The Labute approximate surface area is 116 Å². The molecule has 0 radical (unpaired) electrons. The molecule has 1 saturated heterocycles. The fraction of sp³-hybridized carbons (Fsp3) is 0.333. The number of likely N-dealkylation sites (tertiary alicyclic amines) is 1. The van der Waals surface area contributed by atoms with E-state index in [0.29, 0.717) is 18.7 Å². The number of H-pyrrole nitrogens is 1. The van der Waals surface area contributed by atoms with Crippen LogP contribution >= 0.6 is 0 Å². The van der Waals surface area contributed by atoms with Crippen molar-refractivity contribution >= 4 is 22.8 Å². The number of carbonyl (C=O) groups excluding carboxylic acids is 1. The van der Waals surface area contributed by atoms with Crippen LogP contribution in [0.4, 0.5) is 0 Å². The van der Waals surface area contributed by atoms with Crippen LogP contribution in [0.1, 0.15) is 28.9 Å². The van der Waals surface area contributed by atoms with Gasteiger partial charge < -0.3 is 15.0 Å². The average molecular weight is 272 g/mol. The van der Waals surface area contributed by atoms with E-state index in [4.69, 9.17) is 5.11 Å². The predicted octanol–water partition coefficient (Wildman–Crippen LogP) is 2.17. The lowest BCUT2D eigenvalue weighted by Gasteiger charge is -2.20. The molecule has 1 amide bonds. The number of rotatable bonds is 2.